The van der Waals surface area contributed by atoms with Gasteiger partial charge < -0.3 is 24.6 Å². The third kappa shape index (κ3) is 4.77. The number of carbonyl (C=O) groups excluding carboxylic acids is 1. The number of ether oxygens (including phenoxy) is 1. The average molecular weight is 456 g/mol. The standard InChI is InChI=1S/C23H26ClN5O3/c1-15-11-25-23(26-19-7-9-32-14-19)27-21(15)29-8-6-17(12-29)22(31)28(2)20(13-30)16-4-3-5-18(24)10-16/h3-6,8,10-12,19-20,30H,7,9,13-14H2,1-2H3,(H,25,26,27)/t19-,20?/m0/s1. The van der Waals surface area contributed by atoms with Crippen molar-refractivity contribution in [1.29, 1.82) is 0 Å². The Balaban J connectivity index is 1.54. The van der Waals surface area contributed by atoms with Gasteiger partial charge in [0.05, 0.1) is 30.9 Å². The van der Waals surface area contributed by atoms with Crippen LogP contribution in [0.15, 0.2) is 48.9 Å². The largest absolute Gasteiger partial charge is 0.394 e. The van der Waals surface area contributed by atoms with Gasteiger partial charge in [-0.25, -0.2) is 4.98 Å². The fourth-order valence-corrected chi connectivity index (χ4v) is 3.96. The Morgan fingerprint density at radius 2 is 2.28 bits per heavy atom. The van der Waals surface area contributed by atoms with Gasteiger partial charge >= 0.3 is 0 Å². The molecule has 8 nitrogen and oxygen atoms in total. The van der Waals surface area contributed by atoms with Crippen LogP contribution in [0.25, 0.3) is 5.82 Å². The van der Waals surface area contributed by atoms with E-state index in [2.05, 4.69) is 15.3 Å². The molecule has 2 atom stereocenters. The van der Waals surface area contributed by atoms with Crippen LogP contribution < -0.4 is 5.32 Å². The van der Waals surface area contributed by atoms with Crippen molar-refractivity contribution in [1.82, 2.24) is 19.4 Å². The number of nitrogens with zero attached hydrogens (tertiary/aromatic N) is 4. The van der Waals surface area contributed by atoms with E-state index in [0.29, 0.717) is 29.0 Å². The van der Waals surface area contributed by atoms with E-state index < -0.39 is 6.04 Å². The van der Waals surface area contributed by atoms with Gasteiger partial charge in [0, 0.05) is 42.8 Å². The van der Waals surface area contributed by atoms with Crippen molar-refractivity contribution in [3.63, 3.8) is 0 Å². The highest BCUT2D eigenvalue weighted by molar-refractivity contribution is 6.30. The summed E-state index contributed by atoms with van der Waals surface area (Å²) >= 11 is 6.09. The normalized spacial score (nSPS) is 16.7. The lowest BCUT2D eigenvalue weighted by Crippen LogP contribution is -2.33. The van der Waals surface area contributed by atoms with Crippen molar-refractivity contribution >= 4 is 23.5 Å². The average Bonchev–Trinajstić information content (AvgIpc) is 3.47. The number of aliphatic hydroxyl groups is 1. The van der Waals surface area contributed by atoms with Crippen molar-refractivity contribution in [3.8, 4) is 5.82 Å². The number of aryl methyl sites for hydroxylation is 1. The number of hydrogen-bond donors (Lipinski definition) is 2. The first kappa shape index (κ1) is 22.3. The number of carbonyl (C=O) groups is 1. The Bertz CT molecular complexity index is 1100. The maximum Gasteiger partial charge on any atom is 0.255 e. The van der Waals surface area contributed by atoms with Gasteiger partial charge in [-0.15, -0.1) is 0 Å². The van der Waals surface area contributed by atoms with Gasteiger partial charge in [0.1, 0.15) is 5.82 Å². The quantitative estimate of drug-likeness (QED) is 0.568. The maximum atomic E-state index is 13.1. The summed E-state index contributed by atoms with van der Waals surface area (Å²) in [6.45, 7) is 3.08. The molecule has 0 saturated carbocycles. The number of rotatable bonds is 7. The summed E-state index contributed by atoms with van der Waals surface area (Å²) in [7, 11) is 1.67. The second kappa shape index (κ2) is 9.68. The van der Waals surface area contributed by atoms with E-state index in [4.69, 9.17) is 16.3 Å². The van der Waals surface area contributed by atoms with Crippen LogP contribution in [-0.2, 0) is 4.74 Å². The lowest BCUT2D eigenvalue weighted by atomic mass is 10.1. The van der Waals surface area contributed by atoms with Gasteiger partial charge in [-0.1, -0.05) is 23.7 Å². The molecule has 3 heterocycles. The Hall–Kier alpha value is -2.94. The predicted octanol–water partition coefficient (Wildman–Crippen LogP) is 3.24. The molecule has 4 rings (SSSR count). The molecule has 0 aliphatic carbocycles. The van der Waals surface area contributed by atoms with Crippen LogP contribution in [0.5, 0.6) is 0 Å². The molecule has 1 aliphatic rings. The number of amides is 1. The molecule has 2 N–H and O–H groups in total. The molecule has 0 spiro atoms. The van der Waals surface area contributed by atoms with Gasteiger partial charge in [0.25, 0.3) is 5.91 Å². The minimum Gasteiger partial charge on any atom is -0.394 e. The zero-order chi connectivity index (χ0) is 22.7. The third-order valence-electron chi connectivity index (χ3n) is 5.59. The van der Waals surface area contributed by atoms with Gasteiger partial charge in [-0.05, 0) is 37.1 Å². The van der Waals surface area contributed by atoms with E-state index in [-0.39, 0.29) is 18.6 Å². The molecule has 2 aromatic heterocycles. The Labute approximate surface area is 191 Å². The second-order valence-electron chi connectivity index (χ2n) is 7.88. The number of aromatic nitrogens is 3. The number of likely N-dealkylation sites (N-methyl/N-ethyl adjacent to an activating group) is 1. The molecular weight excluding hydrogens is 430 g/mol. The Kier molecular flexibility index (Phi) is 6.74. The Morgan fingerprint density at radius 1 is 1.44 bits per heavy atom. The molecule has 1 unspecified atom stereocenters. The molecule has 1 saturated heterocycles. The van der Waals surface area contributed by atoms with Gasteiger partial charge in [0.15, 0.2) is 0 Å². The predicted molar refractivity (Wildman–Crippen MR) is 122 cm³/mol. The van der Waals surface area contributed by atoms with E-state index in [1.165, 1.54) is 4.90 Å². The van der Waals surface area contributed by atoms with Crippen molar-refractivity contribution in [3.05, 3.63) is 70.6 Å². The molecule has 1 aliphatic heterocycles. The number of anilines is 1. The first-order chi connectivity index (χ1) is 15.5. The molecule has 1 amide bonds. The molecule has 3 aromatic rings. The van der Waals surface area contributed by atoms with E-state index in [1.807, 2.05) is 17.6 Å². The van der Waals surface area contributed by atoms with Crippen LogP contribution in [0.2, 0.25) is 5.02 Å². The Morgan fingerprint density at radius 3 is 3.00 bits per heavy atom. The van der Waals surface area contributed by atoms with E-state index in [0.717, 1.165) is 24.2 Å². The maximum absolute atomic E-state index is 13.1. The van der Waals surface area contributed by atoms with E-state index in [1.54, 1.807) is 49.9 Å². The summed E-state index contributed by atoms with van der Waals surface area (Å²) in [6, 6.07) is 8.59. The fraction of sp³-hybridized carbons (Fsp3) is 0.348. The topological polar surface area (TPSA) is 92.5 Å². The summed E-state index contributed by atoms with van der Waals surface area (Å²) < 4.78 is 7.20. The van der Waals surface area contributed by atoms with Crippen LogP contribution in [0.3, 0.4) is 0 Å². The van der Waals surface area contributed by atoms with Crippen molar-refractivity contribution in [2.24, 2.45) is 0 Å². The van der Waals surface area contributed by atoms with Gasteiger partial charge in [-0.3, -0.25) is 4.79 Å². The summed E-state index contributed by atoms with van der Waals surface area (Å²) in [5, 5.41) is 13.8. The number of hydrogen-bond acceptors (Lipinski definition) is 6. The zero-order valence-electron chi connectivity index (χ0n) is 18.0. The van der Waals surface area contributed by atoms with Crippen LogP contribution in [0.1, 0.15) is 33.9 Å². The molecule has 168 valence electrons. The van der Waals surface area contributed by atoms with E-state index in [9.17, 15) is 9.90 Å². The highest BCUT2D eigenvalue weighted by atomic mass is 35.5. The number of benzene rings is 1. The minimum absolute atomic E-state index is 0.197. The van der Waals surface area contributed by atoms with Gasteiger partial charge in [0.2, 0.25) is 5.95 Å². The van der Waals surface area contributed by atoms with Crippen LogP contribution in [-0.4, -0.2) is 63.4 Å². The minimum atomic E-state index is -0.505. The van der Waals surface area contributed by atoms with Crippen molar-refractivity contribution in [2.45, 2.75) is 25.4 Å². The first-order valence-electron chi connectivity index (χ1n) is 10.5. The summed E-state index contributed by atoms with van der Waals surface area (Å²) in [6.07, 6.45) is 6.21. The van der Waals surface area contributed by atoms with Crippen LogP contribution >= 0.6 is 11.6 Å². The summed E-state index contributed by atoms with van der Waals surface area (Å²) in [5.41, 5.74) is 2.14. The zero-order valence-corrected chi connectivity index (χ0v) is 18.8. The van der Waals surface area contributed by atoms with Gasteiger partial charge in [-0.2, -0.15) is 4.98 Å². The van der Waals surface area contributed by atoms with E-state index >= 15 is 0 Å². The summed E-state index contributed by atoms with van der Waals surface area (Å²) in [5.74, 6) is 1.01. The summed E-state index contributed by atoms with van der Waals surface area (Å²) in [4.78, 5) is 23.7. The van der Waals surface area contributed by atoms with Crippen molar-refractivity contribution < 1.29 is 14.6 Å². The molecule has 1 aromatic carbocycles. The lowest BCUT2D eigenvalue weighted by Gasteiger charge is -2.27. The molecule has 32 heavy (non-hydrogen) atoms. The highest BCUT2D eigenvalue weighted by Gasteiger charge is 2.24. The second-order valence-corrected chi connectivity index (χ2v) is 8.32. The molecule has 1 fully saturated rings. The van der Waals surface area contributed by atoms with Crippen molar-refractivity contribution in [2.75, 3.05) is 32.2 Å². The molecule has 0 bridgehead atoms. The SMILES string of the molecule is Cc1cnc(N[C@H]2CCOC2)nc1-n1ccc(C(=O)N(C)C(CO)c2cccc(Cl)c2)c1. The lowest BCUT2D eigenvalue weighted by molar-refractivity contribution is 0.0658. The third-order valence-corrected chi connectivity index (χ3v) is 5.82. The smallest absolute Gasteiger partial charge is 0.255 e. The highest BCUT2D eigenvalue weighted by Crippen LogP contribution is 2.24. The molecular formula is C23H26ClN5O3. The number of halogens is 1. The number of nitrogens with one attached hydrogen (secondary N) is 1. The fourth-order valence-electron chi connectivity index (χ4n) is 3.76. The number of aliphatic hydroxyl groups excluding tert-OH is 1. The molecule has 0 radical (unpaired) electrons. The monoisotopic (exact) mass is 455 g/mol. The first-order valence-corrected chi connectivity index (χ1v) is 10.8. The molecule has 9 heteroatoms. The van der Waals surface area contributed by atoms with Crippen LogP contribution in [0.4, 0.5) is 5.95 Å². The van der Waals surface area contributed by atoms with Crippen LogP contribution in [0, 0.1) is 6.92 Å².